The molecule has 1 atom stereocenters. The smallest absolute Gasteiger partial charge is 0.336 e. The Morgan fingerprint density at radius 3 is 2.88 bits per heavy atom. The maximum atomic E-state index is 12.7. The third-order valence-corrected chi connectivity index (χ3v) is 4.64. The molecule has 5 nitrogen and oxygen atoms in total. The molecule has 0 bridgehead atoms. The van der Waals surface area contributed by atoms with E-state index in [4.69, 9.17) is 4.74 Å². The van der Waals surface area contributed by atoms with Crippen molar-refractivity contribution in [2.45, 2.75) is 45.4 Å². The Balaban J connectivity index is 2.12. The third-order valence-electron chi connectivity index (χ3n) is 4.64. The second-order valence-electron chi connectivity index (χ2n) is 6.50. The zero-order valence-corrected chi connectivity index (χ0v) is 14.6. The number of esters is 1. The number of allylic oxidation sites excluding steroid dienone is 3. The molecule has 0 saturated heterocycles. The molecule has 1 aromatic carbocycles. The van der Waals surface area contributed by atoms with Gasteiger partial charge in [0.1, 0.15) is 5.75 Å². The summed E-state index contributed by atoms with van der Waals surface area (Å²) in [5, 5.41) is 13.1. The maximum absolute atomic E-state index is 12.7. The molecule has 1 heterocycles. The predicted octanol–water partition coefficient (Wildman–Crippen LogP) is 3.31. The van der Waals surface area contributed by atoms with E-state index in [1.54, 1.807) is 18.2 Å². The summed E-state index contributed by atoms with van der Waals surface area (Å²) in [6, 6.07) is 6.75. The van der Waals surface area contributed by atoms with Crippen molar-refractivity contribution in [3.63, 3.8) is 0 Å². The standard InChI is InChI=1S/C20H23NO4/c1-3-10-25-20(24)17-12(2)21-15-8-5-9-16(23)19(15)18(17)13-6-4-7-14(22)11-13/h4,6-7,11,18,21-22H,3,5,8-10H2,1-2H3/t18-/m1/s1. The van der Waals surface area contributed by atoms with Crippen LogP contribution in [0.1, 0.15) is 51.0 Å². The van der Waals surface area contributed by atoms with Crippen molar-refractivity contribution in [3.05, 3.63) is 52.4 Å². The number of carbonyl (C=O) groups excluding carboxylic acids is 2. The molecular weight excluding hydrogens is 318 g/mol. The van der Waals surface area contributed by atoms with Crippen molar-refractivity contribution in [2.24, 2.45) is 0 Å². The number of hydrogen-bond acceptors (Lipinski definition) is 5. The Bertz CT molecular complexity index is 776. The SMILES string of the molecule is CCCOC(=O)C1=C(C)NC2=C(C(=O)CCC2)[C@@H]1c1cccc(O)c1. The van der Waals surface area contributed by atoms with Gasteiger partial charge in [0.25, 0.3) is 0 Å². The van der Waals surface area contributed by atoms with E-state index >= 15 is 0 Å². The quantitative estimate of drug-likeness (QED) is 0.822. The van der Waals surface area contributed by atoms with Crippen LogP contribution in [0.5, 0.6) is 5.75 Å². The van der Waals surface area contributed by atoms with Crippen LogP contribution in [0.15, 0.2) is 46.8 Å². The number of phenolic OH excluding ortho intramolecular Hbond substituents is 1. The largest absolute Gasteiger partial charge is 0.508 e. The average Bonchev–Trinajstić information content (AvgIpc) is 2.58. The van der Waals surface area contributed by atoms with Crippen molar-refractivity contribution in [1.82, 2.24) is 5.32 Å². The summed E-state index contributed by atoms with van der Waals surface area (Å²) in [4.78, 5) is 25.4. The average molecular weight is 341 g/mol. The molecule has 0 spiro atoms. The number of benzene rings is 1. The molecule has 0 amide bonds. The fourth-order valence-electron chi connectivity index (χ4n) is 3.56. The number of Topliss-reactive ketones (excluding diaryl/α,β-unsaturated/α-hetero) is 1. The summed E-state index contributed by atoms with van der Waals surface area (Å²) >= 11 is 0. The van der Waals surface area contributed by atoms with Gasteiger partial charge in [0.05, 0.1) is 12.2 Å². The highest BCUT2D eigenvalue weighted by atomic mass is 16.5. The van der Waals surface area contributed by atoms with Gasteiger partial charge in [-0.05, 0) is 43.9 Å². The fraction of sp³-hybridized carbons (Fsp3) is 0.400. The molecule has 132 valence electrons. The number of nitrogens with one attached hydrogen (secondary N) is 1. The van der Waals surface area contributed by atoms with Crippen LogP contribution >= 0.6 is 0 Å². The lowest BCUT2D eigenvalue weighted by Crippen LogP contribution is -2.34. The molecule has 25 heavy (non-hydrogen) atoms. The van der Waals surface area contributed by atoms with Crippen molar-refractivity contribution < 1.29 is 19.4 Å². The number of hydrogen-bond donors (Lipinski definition) is 2. The topological polar surface area (TPSA) is 75.6 Å². The lowest BCUT2D eigenvalue weighted by Gasteiger charge is -2.34. The molecule has 0 unspecified atom stereocenters. The highest BCUT2D eigenvalue weighted by Gasteiger charge is 2.39. The Kier molecular flexibility index (Phi) is 4.93. The van der Waals surface area contributed by atoms with E-state index in [9.17, 15) is 14.7 Å². The van der Waals surface area contributed by atoms with Crippen LogP contribution in [-0.4, -0.2) is 23.5 Å². The molecule has 0 aromatic heterocycles. The van der Waals surface area contributed by atoms with E-state index in [2.05, 4.69) is 5.32 Å². The summed E-state index contributed by atoms with van der Waals surface area (Å²) in [6.45, 7) is 4.11. The lowest BCUT2D eigenvalue weighted by atomic mass is 9.75. The van der Waals surface area contributed by atoms with Gasteiger partial charge in [-0.25, -0.2) is 4.79 Å². The Labute approximate surface area is 147 Å². The highest BCUT2D eigenvalue weighted by molar-refractivity contribution is 6.03. The van der Waals surface area contributed by atoms with Gasteiger partial charge in [0.15, 0.2) is 5.78 Å². The Hall–Kier alpha value is -2.56. The molecule has 2 aliphatic rings. The van der Waals surface area contributed by atoms with Gasteiger partial charge in [-0.15, -0.1) is 0 Å². The summed E-state index contributed by atoms with van der Waals surface area (Å²) < 4.78 is 5.36. The third kappa shape index (κ3) is 3.31. The van der Waals surface area contributed by atoms with Crippen LogP contribution in [0.25, 0.3) is 0 Å². The van der Waals surface area contributed by atoms with Crippen LogP contribution in [0.2, 0.25) is 0 Å². The number of ether oxygens (including phenoxy) is 1. The van der Waals surface area contributed by atoms with Gasteiger partial charge in [-0.3, -0.25) is 4.79 Å². The van der Waals surface area contributed by atoms with Crippen LogP contribution in [0.3, 0.4) is 0 Å². The van der Waals surface area contributed by atoms with E-state index < -0.39 is 11.9 Å². The van der Waals surface area contributed by atoms with Gasteiger partial charge in [-0.1, -0.05) is 19.1 Å². The maximum Gasteiger partial charge on any atom is 0.336 e. The zero-order chi connectivity index (χ0) is 18.0. The van der Waals surface area contributed by atoms with Gasteiger partial charge in [0.2, 0.25) is 0 Å². The minimum absolute atomic E-state index is 0.0513. The number of aromatic hydroxyl groups is 1. The molecule has 1 aromatic rings. The van der Waals surface area contributed by atoms with E-state index in [0.29, 0.717) is 29.9 Å². The Morgan fingerprint density at radius 1 is 1.36 bits per heavy atom. The summed E-state index contributed by atoms with van der Waals surface area (Å²) in [5.74, 6) is -0.749. The zero-order valence-electron chi connectivity index (χ0n) is 14.6. The molecule has 1 aliphatic carbocycles. The molecule has 0 saturated carbocycles. The van der Waals surface area contributed by atoms with Crippen LogP contribution in [0.4, 0.5) is 0 Å². The Morgan fingerprint density at radius 2 is 2.16 bits per heavy atom. The summed E-state index contributed by atoms with van der Waals surface area (Å²) in [5.41, 5.74) is 3.41. The van der Waals surface area contributed by atoms with Gasteiger partial charge in [-0.2, -0.15) is 0 Å². The number of dihydropyridines is 1. The van der Waals surface area contributed by atoms with Crippen molar-refractivity contribution in [2.75, 3.05) is 6.61 Å². The van der Waals surface area contributed by atoms with Crippen molar-refractivity contribution >= 4 is 11.8 Å². The van der Waals surface area contributed by atoms with Gasteiger partial charge < -0.3 is 15.2 Å². The van der Waals surface area contributed by atoms with Crippen molar-refractivity contribution in [1.29, 1.82) is 0 Å². The molecule has 5 heteroatoms. The molecule has 3 rings (SSSR count). The highest BCUT2D eigenvalue weighted by Crippen LogP contribution is 2.43. The van der Waals surface area contributed by atoms with Gasteiger partial charge >= 0.3 is 5.97 Å². The predicted molar refractivity (Wildman–Crippen MR) is 93.8 cm³/mol. The van der Waals surface area contributed by atoms with Crippen LogP contribution in [0, 0.1) is 0 Å². The second kappa shape index (κ2) is 7.13. The minimum atomic E-state index is -0.500. The molecular formula is C20H23NO4. The molecule has 2 N–H and O–H groups in total. The second-order valence-corrected chi connectivity index (χ2v) is 6.50. The van der Waals surface area contributed by atoms with E-state index in [-0.39, 0.29) is 11.5 Å². The van der Waals surface area contributed by atoms with Gasteiger partial charge in [0, 0.05) is 29.3 Å². The minimum Gasteiger partial charge on any atom is -0.508 e. The number of carbonyl (C=O) groups is 2. The monoisotopic (exact) mass is 341 g/mol. The van der Waals surface area contributed by atoms with Crippen molar-refractivity contribution in [3.8, 4) is 5.75 Å². The van der Waals surface area contributed by atoms with E-state index in [1.165, 1.54) is 0 Å². The number of phenols is 1. The normalized spacial score (nSPS) is 20.2. The van der Waals surface area contributed by atoms with E-state index in [0.717, 1.165) is 30.5 Å². The first-order valence-electron chi connectivity index (χ1n) is 8.73. The first kappa shape index (κ1) is 17.3. The first-order valence-corrected chi connectivity index (χ1v) is 8.73. The fourth-order valence-corrected chi connectivity index (χ4v) is 3.56. The first-order chi connectivity index (χ1) is 12.0. The molecule has 0 radical (unpaired) electrons. The number of rotatable bonds is 4. The van der Waals surface area contributed by atoms with Crippen LogP contribution < -0.4 is 5.32 Å². The lowest BCUT2D eigenvalue weighted by molar-refractivity contribution is -0.139. The summed E-state index contributed by atoms with van der Waals surface area (Å²) in [6.07, 6.45) is 2.80. The molecule has 1 aliphatic heterocycles. The van der Waals surface area contributed by atoms with Crippen LogP contribution in [-0.2, 0) is 14.3 Å². The summed E-state index contributed by atoms with van der Waals surface area (Å²) in [7, 11) is 0. The van der Waals surface area contributed by atoms with E-state index in [1.807, 2.05) is 19.9 Å². The number of ketones is 1. The molecule has 0 fully saturated rings.